The summed E-state index contributed by atoms with van der Waals surface area (Å²) in [5.41, 5.74) is -2.08. The van der Waals surface area contributed by atoms with E-state index < -0.39 is 98.9 Å². The molecule has 0 bridgehead atoms. The van der Waals surface area contributed by atoms with Gasteiger partial charge in [0.1, 0.15) is 0 Å². The summed E-state index contributed by atoms with van der Waals surface area (Å²) in [5.74, 6) is -34.1. The smallest absolute Gasteiger partial charge is 0.528 e. The standard InChI is InChI=1S/C16HBF12O2/c18-4-1-2(6(20)10(24)9(4)23)5(19)8(22)7(21)3(1)17(30)31-16-14(28)12(26)11(25)13(27)15(16)29/h30H. The number of rotatable bonds is 3. The fraction of sp³-hybridized carbons (Fsp3) is 0. The molecule has 31 heavy (non-hydrogen) atoms. The van der Waals surface area contributed by atoms with E-state index in [1.165, 1.54) is 0 Å². The zero-order valence-corrected chi connectivity index (χ0v) is 14.0. The quantitative estimate of drug-likeness (QED) is 0.272. The van der Waals surface area contributed by atoms with Gasteiger partial charge in [-0.1, -0.05) is 0 Å². The minimum atomic E-state index is -3.44. The van der Waals surface area contributed by atoms with Gasteiger partial charge in [0, 0.05) is 10.8 Å². The Hall–Kier alpha value is -3.10. The lowest BCUT2D eigenvalue weighted by molar-refractivity contribution is 0.332. The third-order valence-electron chi connectivity index (χ3n) is 4.02. The second-order valence-corrected chi connectivity index (χ2v) is 5.73. The van der Waals surface area contributed by atoms with Gasteiger partial charge < -0.3 is 9.68 Å². The monoisotopic (exact) mass is 464 g/mol. The summed E-state index contributed by atoms with van der Waals surface area (Å²) in [6, 6.07) is 0. The molecular formula is C16HBF12O2. The SMILES string of the molecule is OB(Oc1c(F)c(F)c(F)c(F)c1F)c1c(F)c(F)c(F)c2c(F)c(F)c(F)c(F)c12. The topological polar surface area (TPSA) is 29.5 Å². The van der Waals surface area contributed by atoms with E-state index in [-0.39, 0.29) is 0 Å². The zero-order chi connectivity index (χ0) is 23.5. The fourth-order valence-electron chi connectivity index (χ4n) is 2.62. The molecule has 0 spiro atoms. The zero-order valence-electron chi connectivity index (χ0n) is 14.0. The van der Waals surface area contributed by atoms with E-state index in [1.54, 1.807) is 0 Å². The van der Waals surface area contributed by atoms with Gasteiger partial charge in [0.25, 0.3) is 0 Å². The maximum Gasteiger partial charge on any atom is 0.564 e. The first kappa shape index (κ1) is 22.6. The second-order valence-electron chi connectivity index (χ2n) is 5.73. The molecule has 0 amide bonds. The normalized spacial score (nSPS) is 11.4. The van der Waals surface area contributed by atoms with Crippen LogP contribution in [0.1, 0.15) is 0 Å². The average Bonchev–Trinajstić information content (AvgIpc) is 2.74. The van der Waals surface area contributed by atoms with Crippen LogP contribution in [-0.4, -0.2) is 12.1 Å². The molecule has 0 saturated carbocycles. The molecule has 0 fully saturated rings. The van der Waals surface area contributed by atoms with Crippen LogP contribution in [0, 0.1) is 69.8 Å². The van der Waals surface area contributed by atoms with Crippen molar-refractivity contribution in [2.45, 2.75) is 0 Å². The predicted octanol–water partition coefficient (Wildman–Crippen LogP) is 4.28. The number of halogens is 12. The van der Waals surface area contributed by atoms with E-state index in [4.69, 9.17) is 0 Å². The van der Waals surface area contributed by atoms with Gasteiger partial charge >= 0.3 is 7.12 Å². The predicted molar refractivity (Wildman–Crippen MR) is 78.1 cm³/mol. The van der Waals surface area contributed by atoms with Crippen molar-refractivity contribution in [2.75, 3.05) is 0 Å². The summed E-state index contributed by atoms with van der Waals surface area (Å²) in [7, 11) is -3.44. The number of hydrogen-bond donors (Lipinski definition) is 1. The lowest BCUT2D eigenvalue weighted by atomic mass is 9.75. The van der Waals surface area contributed by atoms with E-state index in [1.807, 2.05) is 0 Å². The van der Waals surface area contributed by atoms with Gasteiger partial charge in [0.15, 0.2) is 46.5 Å². The molecule has 0 unspecified atom stereocenters. The van der Waals surface area contributed by atoms with Crippen molar-refractivity contribution in [3.63, 3.8) is 0 Å². The Labute approximate surface area is 162 Å². The number of hydrogen-bond acceptors (Lipinski definition) is 2. The third kappa shape index (κ3) is 3.14. The molecule has 1 N–H and O–H groups in total. The number of fused-ring (bicyclic) bond motifs is 1. The highest BCUT2D eigenvalue weighted by molar-refractivity contribution is 6.64. The van der Waals surface area contributed by atoms with Crippen molar-refractivity contribution in [3.8, 4) is 5.75 Å². The van der Waals surface area contributed by atoms with Crippen LogP contribution in [0.25, 0.3) is 10.8 Å². The Morgan fingerprint density at radius 1 is 0.419 bits per heavy atom. The van der Waals surface area contributed by atoms with Crippen LogP contribution >= 0.6 is 0 Å². The van der Waals surface area contributed by atoms with Crippen LogP contribution in [0.2, 0.25) is 0 Å². The second kappa shape index (κ2) is 7.55. The summed E-state index contributed by atoms with van der Waals surface area (Å²) < 4.78 is 167. The van der Waals surface area contributed by atoms with Gasteiger partial charge in [0.2, 0.25) is 29.1 Å². The van der Waals surface area contributed by atoms with Crippen LogP contribution < -0.4 is 10.1 Å². The summed E-state index contributed by atoms with van der Waals surface area (Å²) >= 11 is 0. The van der Waals surface area contributed by atoms with Crippen LogP contribution in [0.5, 0.6) is 5.75 Å². The fourth-order valence-corrected chi connectivity index (χ4v) is 2.62. The molecule has 0 atom stereocenters. The van der Waals surface area contributed by atoms with Crippen molar-refractivity contribution in [2.24, 2.45) is 0 Å². The van der Waals surface area contributed by atoms with Crippen molar-refractivity contribution >= 4 is 23.4 Å². The van der Waals surface area contributed by atoms with Gasteiger partial charge in [-0.3, -0.25) is 0 Å². The van der Waals surface area contributed by atoms with Crippen LogP contribution in [0.15, 0.2) is 0 Å². The van der Waals surface area contributed by atoms with Gasteiger partial charge in [-0.15, -0.1) is 0 Å². The van der Waals surface area contributed by atoms with Gasteiger partial charge in [0.05, 0.1) is 5.39 Å². The first-order chi connectivity index (χ1) is 14.3. The minimum Gasteiger partial charge on any atom is -0.528 e. The van der Waals surface area contributed by atoms with Gasteiger partial charge in [-0.05, 0) is 0 Å². The van der Waals surface area contributed by atoms with Crippen molar-refractivity contribution in [1.29, 1.82) is 0 Å². The molecule has 0 aromatic heterocycles. The van der Waals surface area contributed by atoms with Gasteiger partial charge in [-0.25, -0.2) is 43.9 Å². The van der Waals surface area contributed by atoms with E-state index in [0.717, 1.165) is 0 Å². The molecule has 0 heterocycles. The molecular weight excluding hydrogens is 463 g/mol. The molecule has 3 aromatic carbocycles. The van der Waals surface area contributed by atoms with E-state index in [0.29, 0.717) is 0 Å². The van der Waals surface area contributed by atoms with E-state index in [9.17, 15) is 57.7 Å². The van der Waals surface area contributed by atoms with Crippen molar-refractivity contribution < 1.29 is 62.4 Å². The Balaban J connectivity index is 2.35. The van der Waals surface area contributed by atoms with Crippen molar-refractivity contribution in [3.05, 3.63) is 69.8 Å². The van der Waals surface area contributed by atoms with Gasteiger partial charge in [-0.2, -0.15) is 8.78 Å². The number of benzene rings is 3. The molecule has 0 radical (unpaired) electrons. The molecule has 0 saturated heterocycles. The van der Waals surface area contributed by atoms with E-state index in [2.05, 4.69) is 4.65 Å². The first-order valence-electron chi connectivity index (χ1n) is 7.50. The summed E-state index contributed by atoms with van der Waals surface area (Å²) in [6.45, 7) is 0. The molecule has 0 aliphatic carbocycles. The lowest BCUT2D eigenvalue weighted by Gasteiger charge is -2.17. The highest BCUT2D eigenvalue weighted by Gasteiger charge is 2.38. The molecule has 0 aliphatic rings. The Bertz CT molecular complexity index is 1230. The largest absolute Gasteiger partial charge is 0.564 e. The van der Waals surface area contributed by atoms with Crippen LogP contribution in [-0.2, 0) is 0 Å². The molecule has 2 nitrogen and oxygen atoms in total. The summed E-state index contributed by atoms with van der Waals surface area (Å²) in [6.07, 6.45) is 0. The van der Waals surface area contributed by atoms with Crippen LogP contribution in [0.4, 0.5) is 52.7 Å². The molecule has 3 rings (SSSR count). The summed E-state index contributed by atoms with van der Waals surface area (Å²) in [5, 5.41) is 5.73. The molecule has 0 aliphatic heterocycles. The first-order valence-corrected chi connectivity index (χ1v) is 7.50. The average molecular weight is 464 g/mol. The Morgan fingerprint density at radius 3 is 1.19 bits per heavy atom. The van der Waals surface area contributed by atoms with E-state index >= 15 is 0 Å². The van der Waals surface area contributed by atoms with Crippen molar-refractivity contribution in [1.82, 2.24) is 0 Å². The maximum atomic E-state index is 14.2. The minimum absolute atomic E-state index is 2.01. The summed E-state index contributed by atoms with van der Waals surface area (Å²) in [4.78, 5) is 0. The highest BCUT2D eigenvalue weighted by Crippen LogP contribution is 2.32. The molecule has 15 heteroatoms. The third-order valence-corrected chi connectivity index (χ3v) is 4.02. The maximum absolute atomic E-state index is 14.2. The lowest BCUT2D eigenvalue weighted by Crippen LogP contribution is -2.41. The molecule has 164 valence electrons. The molecule has 3 aromatic rings. The Morgan fingerprint density at radius 2 is 0.742 bits per heavy atom. The van der Waals surface area contributed by atoms with Crippen LogP contribution in [0.3, 0.4) is 0 Å². The Kier molecular flexibility index (Phi) is 5.50. The highest BCUT2D eigenvalue weighted by atomic mass is 19.2.